The summed E-state index contributed by atoms with van der Waals surface area (Å²) in [5, 5.41) is 9.35. The van der Waals surface area contributed by atoms with Crippen LogP contribution in [0.15, 0.2) is 65.8 Å². The first kappa shape index (κ1) is 16.0. The number of fused-ring (bicyclic) bond motifs is 2. The van der Waals surface area contributed by atoms with Gasteiger partial charge in [-0.1, -0.05) is 30.3 Å². The summed E-state index contributed by atoms with van der Waals surface area (Å²) >= 11 is 0. The number of rotatable bonds is 5. The van der Waals surface area contributed by atoms with Crippen LogP contribution in [0, 0.1) is 0 Å². The number of nitrogens with one attached hydrogen (secondary N) is 2. The van der Waals surface area contributed by atoms with Gasteiger partial charge in [0.1, 0.15) is 0 Å². The molecular weight excluding hydrogens is 330 g/mol. The van der Waals surface area contributed by atoms with Crippen LogP contribution >= 0.6 is 0 Å². The lowest BCUT2D eigenvalue weighted by Crippen LogP contribution is -2.25. The molecule has 6 nitrogen and oxygen atoms in total. The molecule has 26 heavy (non-hydrogen) atoms. The summed E-state index contributed by atoms with van der Waals surface area (Å²) in [4.78, 5) is 11.9. The van der Waals surface area contributed by atoms with Crippen molar-refractivity contribution in [3.05, 3.63) is 66.2 Å². The second-order valence-corrected chi connectivity index (χ2v) is 5.82. The van der Waals surface area contributed by atoms with Crippen molar-refractivity contribution in [2.75, 3.05) is 18.7 Å². The van der Waals surface area contributed by atoms with Crippen LogP contribution in [0.1, 0.15) is 5.56 Å². The molecule has 1 aliphatic rings. The van der Waals surface area contributed by atoms with Crippen molar-refractivity contribution in [1.82, 2.24) is 5.43 Å². The fourth-order valence-corrected chi connectivity index (χ4v) is 2.69. The lowest BCUT2D eigenvalue weighted by atomic mass is 10.1. The monoisotopic (exact) mass is 347 g/mol. The highest BCUT2D eigenvalue weighted by Crippen LogP contribution is 2.31. The Balaban J connectivity index is 1.30. The standard InChI is InChI=1S/C20H17N3O3/c24-20(12-21-17-7-6-15-3-1-2-4-16(15)10-17)23-22-11-14-5-8-18-19(9-14)26-13-25-18/h1-11,21H,12-13H2,(H,23,24). The summed E-state index contributed by atoms with van der Waals surface area (Å²) in [5.41, 5.74) is 4.21. The number of amides is 1. The van der Waals surface area contributed by atoms with Crippen molar-refractivity contribution < 1.29 is 14.3 Å². The number of hydrogen-bond acceptors (Lipinski definition) is 5. The van der Waals surface area contributed by atoms with Crippen LogP contribution in [-0.2, 0) is 4.79 Å². The maximum absolute atomic E-state index is 11.9. The van der Waals surface area contributed by atoms with E-state index in [1.165, 1.54) is 0 Å². The third-order valence-electron chi connectivity index (χ3n) is 4.00. The van der Waals surface area contributed by atoms with Crippen molar-refractivity contribution >= 4 is 28.6 Å². The average Bonchev–Trinajstić information content (AvgIpc) is 3.14. The minimum absolute atomic E-state index is 0.136. The molecule has 0 aliphatic carbocycles. The van der Waals surface area contributed by atoms with Crippen LogP contribution in [-0.4, -0.2) is 25.5 Å². The molecule has 130 valence electrons. The number of carbonyl (C=O) groups is 1. The number of hydrazone groups is 1. The summed E-state index contributed by atoms with van der Waals surface area (Å²) in [6.07, 6.45) is 1.57. The van der Waals surface area contributed by atoms with Gasteiger partial charge in [-0.15, -0.1) is 0 Å². The van der Waals surface area contributed by atoms with Crippen LogP contribution in [0.2, 0.25) is 0 Å². The Hall–Kier alpha value is -3.54. The van der Waals surface area contributed by atoms with E-state index in [9.17, 15) is 4.79 Å². The molecule has 0 saturated carbocycles. The molecule has 1 amide bonds. The molecule has 3 aromatic carbocycles. The van der Waals surface area contributed by atoms with Crippen LogP contribution in [0.4, 0.5) is 5.69 Å². The summed E-state index contributed by atoms with van der Waals surface area (Å²) < 4.78 is 10.6. The zero-order valence-corrected chi connectivity index (χ0v) is 13.9. The van der Waals surface area contributed by atoms with Crippen molar-refractivity contribution in [3.8, 4) is 11.5 Å². The van der Waals surface area contributed by atoms with Crippen molar-refractivity contribution in [2.45, 2.75) is 0 Å². The Kier molecular flexibility index (Phi) is 4.38. The van der Waals surface area contributed by atoms with Gasteiger partial charge in [0.15, 0.2) is 11.5 Å². The molecule has 3 aromatic rings. The summed E-state index contributed by atoms with van der Waals surface area (Å²) in [7, 11) is 0. The first-order valence-corrected chi connectivity index (χ1v) is 8.22. The first-order chi connectivity index (χ1) is 12.8. The molecule has 0 saturated heterocycles. The minimum Gasteiger partial charge on any atom is -0.454 e. The van der Waals surface area contributed by atoms with Gasteiger partial charge < -0.3 is 14.8 Å². The molecule has 0 atom stereocenters. The third-order valence-corrected chi connectivity index (χ3v) is 4.00. The van der Waals surface area contributed by atoms with Crippen LogP contribution in [0.3, 0.4) is 0 Å². The van der Waals surface area contributed by atoms with Gasteiger partial charge in [0.05, 0.1) is 12.8 Å². The van der Waals surface area contributed by atoms with Crippen molar-refractivity contribution in [1.29, 1.82) is 0 Å². The van der Waals surface area contributed by atoms with E-state index in [-0.39, 0.29) is 19.2 Å². The van der Waals surface area contributed by atoms with Gasteiger partial charge in [-0.3, -0.25) is 4.79 Å². The second-order valence-electron chi connectivity index (χ2n) is 5.82. The van der Waals surface area contributed by atoms with Crippen LogP contribution in [0.25, 0.3) is 10.8 Å². The smallest absolute Gasteiger partial charge is 0.259 e. The van der Waals surface area contributed by atoms with E-state index in [0.717, 1.165) is 22.0 Å². The molecule has 6 heteroatoms. The molecule has 1 aliphatic heterocycles. The molecule has 1 heterocycles. The second kappa shape index (κ2) is 7.14. The highest BCUT2D eigenvalue weighted by Gasteiger charge is 2.12. The number of ether oxygens (including phenoxy) is 2. The van der Waals surface area contributed by atoms with Gasteiger partial charge in [0.25, 0.3) is 5.91 Å². The summed E-state index contributed by atoms with van der Waals surface area (Å²) in [6.45, 7) is 0.365. The van der Waals surface area contributed by atoms with E-state index in [2.05, 4.69) is 21.9 Å². The van der Waals surface area contributed by atoms with E-state index in [1.54, 1.807) is 6.21 Å². The predicted octanol–water partition coefficient (Wildman–Crippen LogP) is 3.13. The van der Waals surface area contributed by atoms with Gasteiger partial charge in [-0.2, -0.15) is 5.10 Å². The maximum atomic E-state index is 11.9. The van der Waals surface area contributed by atoms with Crippen molar-refractivity contribution in [2.24, 2.45) is 5.10 Å². The summed E-state index contributed by atoms with van der Waals surface area (Å²) in [6, 6.07) is 19.5. The highest BCUT2D eigenvalue weighted by atomic mass is 16.7. The van der Waals surface area contributed by atoms with E-state index >= 15 is 0 Å². The van der Waals surface area contributed by atoms with E-state index < -0.39 is 0 Å². The number of nitrogens with zero attached hydrogens (tertiary/aromatic N) is 1. The third kappa shape index (κ3) is 3.59. The number of benzene rings is 3. The topological polar surface area (TPSA) is 72.0 Å². The predicted molar refractivity (Wildman–Crippen MR) is 101 cm³/mol. The maximum Gasteiger partial charge on any atom is 0.259 e. The Morgan fingerprint density at radius 2 is 1.85 bits per heavy atom. The molecule has 4 rings (SSSR count). The van der Waals surface area contributed by atoms with Gasteiger partial charge in [0, 0.05) is 5.69 Å². The molecule has 2 N–H and O–H groups in total. The fraction of sp³-hybridized carbons (Fsp3) is 0.100. The lowest BCUT2D eigenvalue weighted by molar-refractivity contribution is -0.119. The molecule has 0 spiro atoms. The van der Waals surface area contributed by atoms with Gasteiger partial charge in [-0.25, -0.2) is 5.43 Å². The molecular formula is C20H17N3O3. The Morgan fingerprint density at radius 3 is 2.77 bits per heavy atom. The molecule has 0 radical (unpaired) electrons. The Labute approximate surface area is 150 Å². The highest BCUT2D eigenvalue weighted by molar-refractivity contribution is 5.87. The quantitative estimate of drug-likeness (QED) is 0.549. The Bertz CT molecular complexity index is 985. The first-order valence-electron chi connectivity index (χ1n) is 8.22. The van der Waals surface area contributed by atoms with E-state index in [0.29, 0.717) is 11.5 Å². The number of anilines is 1. The molecule has 0 fully saturated rings. The SMILES string of the molecule is O=C(CNc1ccc2ccccc2c1)NN=Cc1ccc2c(c1)OCO2. The number of hydrogen-bond donors (Lipinski definition) is 2. The normalized spacial score (nSPS) is 12.5. The lowest BCUT2D eigenvalue weighted by Gasteiger charge is -2.06. The average molecular weight is 347 g/mol. The minimum atomic E-state index is -0.227. The van der Waals surface area contributed by atoms with E-state index in [1.807, 2.05) is 54.6 Å². The largest absolute Gasteiger partial charge is 0.454 e. The number of carbonyl (C=O) groups excluding carboxylic acids is 1. The zero-order valence-electron chi connectivity index (χ0n) is 13.9. The van der Waals surface area contributed by atoms with Gasteiger partial charge in [-0.05, 0) is 46.7 Å². The molecule has 0 unspecified atom stereocenters. The molecule has 0 bridgehead atoms. The van der Waals surface area contributed by atoms with E-state index in [4.69, 9.17) is 9.47 Å². The fourth-order valence-electron chi connectivity index (χ4n) is 2.69. The summed E-state index contributed by atoms with van der Waals surface area (Å²) in [5.74, 6) is 1.17. The Morgan fingerprint density at radius 1 is 1.00 bits per heavy atom. The molecule has 0 aromatic heterocycles. The van der Waals surface area contributed by atoms with Gasteiger partial charge in [0.2, 0.25) is 6.79 Å². The van der Waals surface area contributed by atoms with Gasteiger partial charge >= 0.3 is 0 Å². The van der Waals surface area contributed by atoms with Crippen LogP contribution in [0.5, 0.6) is 11.5 Å². The van der Waals surface area contributed by atoms with Crippen LogP contribution < -0.4 is 20.2 Å². The van der Waals surface area contributed by atoms with Crippen molar-refractivity contribution in [3.63, 3.8) is 0 Å². The zero-order chi connectivity index (χ0) is 17.8.